The van der Waals surface area contributed by atoms with Gasteiger partial charge in [-0.1, -0.05) is 11.6 Å². The Hall–Kier alpha value is -1.86. The van der Waals surface area contributed by atoms with Gasteiger partial charge in [0.1, 0.15) is 17.4 Å². The van der Waals surface area contributed by atoms with Crippen LogP contribution in [-0.4, -0.2) is 16.3 Å². The predicted molar refractivity (Wildman–Crippen MR) is 70.8 cm³/mol. The Labute approximate surface area is 111 Å². The van der Waals surface area contributed by atoms with Crippen molar-refractivity contribution < 1.29 is 9.50 Å². The van der Waals surface area contributed by atoms with E-state index >= 15 is 0 Å². The first-order chi connectivity index (χ1) is 8.56. The Bertz CT molecular complexity index is 602. The number of rotatable bonds is 3. The molecule has 0 radical (unpaired) electrons. The molecular weight excluding hydrogens is 279 g/mol. The Balaban J connectivity index is 2.11. The van der Waals surface area contributed by atoms with Gasteiger partial charge in [0.15, 0.2) is 0 Å². The summed E-state index contributed by atoms with van der Waals surface area (Å²) in [6.07, 6.45) is 1.23. The highest BCUT2D eigenvalue weighted by Crippen LogP contribution is 2.25. The first-order valence-electron chi connectivity index (χ1n) is 4.74. The van der Waals surface area contributed by atoms with Crippen molar-refractivity contribution >= 4 is 40.1 Å². The van der Waals surface area contributed by atoms with Crippen molar-refractivity contribution in [1.82, 2.24) is 4.98 Å². The maximum Gasteiger partial charge on any atom is 0.205 e. The molecule has 0 aliphatic carbocycles. The molecule has 0 spiro atoms. The summed E-state index contributed by atoms with van der Waals surface area (Å²) < 4.78 is 13.4. The first kappa shape index (κ1) is 12.6. The van der Waals surface area contributed by atoms with E-state index in [0.717, 1.165) is 6.07 Å². The van der Waals surface area contributed by atoms with Crippen LogP contribution in [0, 0.1) is 5.82 Å². The van der Waals surface area contributed by atoms with E-state index in [2.05, 4.69) is 15.5 Å². The van der Waals surface area contributed by atoms with Crippen molar-refractivity contribution in [3.63, 3.8) is 0 Å². The normalized spacial score (nSPS) is 11.0. The van der Waals surface area contributed by atoms with Crippen molar-refractivity contribution in [2.24, 2.45) is 5.10 Å². The number of benzene rings is 1. The minimum absolute atomic E-state index is 0.0522. The second kappa shape index (κ2) is 5.19. The van der Waals surface area contributed by atoms with Crippen LogP contribution < -0.4 is 11.2 Å². The number of phenols is 1. The molecule has 1 aromatic heterocycles. The van der Waals surface area contributed by atoms with Gasteiger partial charge in [-0.2, -0.15) is 5.10 Å². The Morgan fingerprint density at radius 2 is 2.33 bits per heavy atom. The lowest BCUT2D eigenvalue weighted by Gasteiger charge is -2.00. The van der Waals surface area contributed by atoms with Gasteiger partial charge in [0.25, 0.3) is 0 Å². The van der Waals surface area contributed by atoms with Gasteiger partial charge in [0.05, 0.1) is 11.2 Å². The molecule has 94 valence electrons. The zero-order valence-electron chi connectivity index (χ0n) is 8.89. The summed E-state index contributed by atoms with van der Waals surface area (Å²) in [5.41, 5.74) is 8.17. The van der Waals surface area contributed by atoms with Crippen molar-refractivity contribution in [2.45, 2.75) is 0 Å². The minimum Gasteiger partial charge on any atom is -0.506 e. The Morgan fingerprint density at radius 1 is 1.56 bits per heavy atom. The Morgan fingerprint density at radius 3 is 3.00 bits per heavy atom. The zero-order chi connectivity index (χ0) is 13.1. The summed E-state index contributed by atoms with van der Waals surface area (Å²) in [7, 11) is 0. The molecular formula is C10H8ClFN4OS. The number of anilines is 2. The minimum atomic E-state index is -0.624. The van der Waals surface area contributed by atoms with Gasteiger partial charge < -0.3 is 10.8 Å². The molecule has 0 amide bonds. The molecule has 4 N–H and O–H groups in total. The quantitative estimate of drug-likeness (QED) is 0.598. The van der Waals surface area contributed by atoms with Crippen LogP contribution in [0.3, 0.4) is 0 Å². The van der Waals surface area contributed by atoms with Gasteiger partial charge in [-0.3, -0.25) is 5.43 Å². The highest BCUT2D eigenvalue weighted by molar-refractivity contribution is 7.14. The van der Waals surface area contributed by atoms with Crippen LogP contribution in [0.25, 0.3) is 0 Å². The van der Waals surface area contributed by atoms with E-state index in [1.807, 2.05) is 0 Å². The first-order valence-corrected chi connectivity index (χ1v) is 6.00. The van der Waals surface area contributed by atoms with E-state index in [0.29, 0.717) is 10.9 Å². The molecule has 2 aromatic rings. The topological polar surface area (TPSA) is 83.5 Å². The second-order valence-corrected chi connectivity index (χ2v) is 4.54. The van der Waals surface area contributed by atoms with Crippen molar-refractivity contribution in [2.75, 3.05) is 11.2 Å². The molecule has 0 aliphatic heterocycles. The fourth-order valence-corrected chi connectivity index (χ4v) is 1.87. The summed E-state index contributed by atoms with van der Waals surface area (Å²) in [4.78, 5) is 3.91. The lowest BCUT2D eigenvalue weighted by molar-refractivity contribution is 0.469. The molecule has 1 aromatic carbocycles. The van der Waals surface area contributed by atoms with Crippen molar-refractivity contribution in [3.05, 3.63) is 33.9 Å². The molecule has 0 atom stereocenters. The van der Waals surface area contributed by atoms with Gasteiger partial charge in [-0.05, 0) is 6.07 Å². The monoisotopic (exact) mass is 286 g/mol. The third-order valence-corrected chi connectivity index (χ3v) is 3.02. The van der Waals surface area contributed by atoms with E-state index in [1.54, 1.807) is 5.38 Å². The van der Waals surface area contributed by atoms with Gasteiger partial charge in [0.2, 0.25) is 5.13 Å². The van der Waals surface area contributed by atoms with E-state index in [-0.39, 0.29) is 16.3 Å². The fraction of sp³-hybridized carbons (Fsp3) is 0. The summed E-state index contributed by atoms with van der Waals surface area (Å²) in [6.45, 7) is 0. The Kier molecular flexibility index (Phi) is 3.63. The summed E-state index contributed by atoms with van der Waals surface area (Å²) in [5.74, 6) is -0.551. The van der Waals surface area contributed by atoms with Crippen LogP contribution in [0.1, 0.15) is 5.56 Å². The predicted octanol–water partition coefficient (Wildman–Crippen LogP) is 2.67. The smallest absolute Gasteiger partial charge is 0.205 e. The summed E-state index contributed by atoms with van der Waals surface area (Å²) in [5, 5.41) is 15.2. The van der Waals surface area contributed by atoms with Crippen molar-refractivity contribution in [1.29, 1.82) is 0 Å². The average Bonchev–Trinajstić information content (AvgIpc) is 2.71. The number of nitrogen functional groups attached to an aromatic ring is 1. The van der Waals surface area contributed by atoms with E-state index in [1.165, 1.54) is 23.6 Å². The SMILES string of the molecule is Nc1csc(NN=Cc2cc(Cl)c(O)cc2F)n1. The molecule has 0 saturated heterocycles. The largest absolute Gasteiger partial charge is 0.506 e. The van der Waals surface area contributed by atoms with Gasteiger partial charge in [-0.15, -0.1) is 11.3 Å². The highest BCUT2D eigenvalue weighted by Gasteiger charge is 2.05. The number of nitrogens with zero attached hydrogens (tertiary/aromatic N) is 2. The molecule has 0 fully saturated rings. The third kappa shape index (κ3) is 2.88. The molecule has 0 saturated carbocycles. The molecule has 0 aliphatic rings. The molecule has 0 bridgehead atoms. The summed E-state index contributed by atoms with van der Waals surface area (Å²) in [6, 6.07) is 2.19. The van der Waals surface area contributed by atoms with E-state index < -0.39 is 5.82 Å². The average molecular weight is 287 g/mol. The number of nitrogens with two attached hydrogens (primary N) is 1. The second-order valence-electron chi connectivity index (χ2n) is 3.27. The zero-order valence-corrected chi connectivity index (χ0v) is 10.5. The van der Waals surface area contributed by atoms with Crippen LogP contribution >= 0.6 is 22.9 Å². The molecule has 5 nitrogen and oxygen atoms in total. The number of nitrogens with one attached hydrogen (secondary N) is 1. The number of thiazole rings is 1. The van der Waals surface area contributed by atoms with Crippen LogP contribution in [0.2, 0.25) is 5.02 Å². The number of hydrazone groups is 1. The van der Waals surface area contributed by atoms with E-state index in [4.69, 9.17) is 17.3 Å². The number of aromatic nitrogens is 1. The number of hydrogen-bond acceptors (Lipinski definition) is 6. The number of hydrogen-bond donors (Lipinski definition) is 3. The lowest BCUT2D eigenvalue weighted by Crippen LogP contribution is -1.93. The standard InChI is InChI=1S/C10H8ClFN4OS/c11-6-1-5(7(12)2-8(6)17)3-14-16-10-15-9(13)4-18-10/h1-4,17H,13H2,(H,15,16). The van der Waals surface area contributed by atoms with Crippen LogP contribution in [0.5, 0.6) is 5.75 Å². The molecule has 2 rings (SSSR count). The van der Waals surface area contributed by atoms with Crippen LogP contribution in [0.15, 0.2) is 22.6 Å². The maximum absolute atomic E-state index is 13.4. The van der Waals surface area contributed by atoms with Crippen LogP contribution in [-0.2, 0) is 0 Å². The van der Waals surface area contributed by atoms with Gasteiger partial charge in [0, 0.05) is 17.0 Å². The van der Waals surface area contributed by atoms with Gasteiger partial charge in [-0.25, -0.2) is 9.37 Å². The molecule has 18 heavy (non-hydrogen) atoms. The highest BCUT2D eigenvalue weighted by atomic mass is 35.5. The lowest BCUT2D eigenvalue weighted by atomic mass is 10.2. The molecule has 0 unspecified atom stereocenters. The van der Waals surface area contributed by atoms with Gasteiger partial charge >= 0.3 is 0 Å². The fourth-order valence-electron chi connectivity index (χ4n) is 1.15. The van der Waals surface area contributed by atoms with Crippen LogP contribution in [0.4, 0.5) is 15.3 Å². The van der Waals surface area contributed by atoms with Crippen molar-refractivity contribution in [3.8, 4) is 5.75 Å². The number of phenolic OH excluding ortho intramolecular Hbond substituents is 1. The summed E-state index contributed by atoms with van der Waals surface area (Å²) >= 11 is 6.93. The maximum atomic E-state index is 13.4. The third-order valence-electron chi connectivity index (χ3n) is 1.95. The number of aromatic hydroxyl groups is 1. The number of halogens is 2. The molecule has 8 heteroatoms. The van der Waals surface area contributed by atoms with E-state index in [9.17, 15) is 9.50 Å². The molecule has 1 heterocycles.